The number of alkyl halides is 3. The molecule has 2 aromatic carbocycles. The molecule has 1 saturated heterocycles. The van der Waals surface area contributed by atoms with Crippen LogP contribution in [0.3, 0.4) is 0 Å². The number of benzene rings is 2. The van der Waals surface area contributed by atoms with E-state index in [0.717, 1.165) is 23.4 Å². The lowest BCUT2D eigenvalue weighted by Crippen LogP contribution is -2.53. The molecule has 0 amide bonds. The molecule has 5 nitrogen and oxygen atoms in total. The van der Waals surface area contributed by atoms with Gasteiger partial charge in [-0.3, -0.25) is 0 Å². The van der Waals surface area contributed by atoms with Crippen LogP contribution in [0, 0.1) is 12.7 Å². The lowest BCUT2D eigenvalue weighted by Gasteiger charge is -2.45. The van der Waals surface area contributed by atoms with Crippen LogP contribution in [0.4, 0.5) is 17.6 Å². The number of aromatic nitrogens is 3. The molecule has 0 aliphatic carbocycles. The van der Waals surface area contributed by atoms with E-state index in [1.807, 2.05) is 19.1 Å². The van der Waals surface area contributed by atoms with Gasteiger partial charge in [0.25, 0.3) is 0 Å². The molecule has 0 saturated carbocycles. The second-order valence-corrected chi connectivity index (χ2v) is 9.00. The summed E-state index contributed by atoms with van der Waals surface area (Å²) in [5, 5.41) is 4.69. The number of hydrogen-bond donors (Lipinski definition) is 0. The zero-order valence-corrected chi connectivity index (χ0v) is 19.3. The molecule has 4 aromatic rings. The number of ether oxygens (including phenoxy) is 2. The fourth-order valence-electron chi connectivity index (χ4n) is 4.67. The summed E-state index contributed by atoms with van der Waals surface area (Å²) in [5.41, 5.74) is 2.32. The van der Waals surface area contributed by atoms with Crippen LogP contribution in [-0.2, 0) is 27.5 Å². The Morgan fingerprint density at radius 1 is 1.03 bits per heavy atom. The first-order chi connectivity index (χ1) is 16.6. The third-order valence-electron chi connectivity index (χ3n) is 6.39. The van der Waals surface area contributed by atoms with E-state index >= 15 is 0 Å². The molecule has 9 heteroatoms. The van der Waals surface area contributed by atoms with Crippen molar-refractivity contribution < 1.29 is 27.0 Å². The molecule has 0 spiro atoms. The molecule has 5 rings (SSSR count). The predicted molar refractivity (Wildman–Crippen MR) is 121 cm³/mol. The van der Waals surface area contributed by atoms with E-state index in [9.17, 15) is 17.6 Å². The van der Waals surface area contributed by atoms with Gasteiger partial charge in [0.1, 0.15) is 5.82 Å². The van der Waals surface area contributed by atoms with Gasteiger partial charge >= 0.3 is 6.18 Å². The van der Waals surface area contributed by atoms with Gasteiger partial charge in [-0.25, -0.2) is 13.9 Å². The molecule has 1 aliphatic rings. The summed E-state index contributed by atoms with van der Waals surface area (Å²) in [6.45, 7) is 5.54. The summed E-state index contributed by atoms with van der Waals surface area (Å²) in [6, 6.07) is 13.1. The van der Waals surface area contributed by atoms with Crippen molar-refractivity contribution in [3.8, 4) is 11.1 Å². The molecule has 1 aliphatic heterocycles. The third-order valence-corrected chi connectivity index (χ3v) is 6.39. The highest BCUT2D eigenvalue weighted by atomic mass is 19.4. The van der Waals surface area contributed by atoms with E-state index in [-0.39, 0.29) is 12.1 Å². The zero-order chi connectivity index (χ0) is 25.0. The van der Waals surface area contributed by atoms with Crippen LogP contribution in [-0.4, -0.2) is 27.2 Å². The molecule has 1 fully saturated rings. The van der Waals surface area contributed by atoms with Gasteiger partial charge in [-0.15, -0.1) is 0 Å². The Hall–Kier alpha value is -3.30. The second kappa shape index (κ2) is 8.42. The average molecular weight is 485 g/mol. The Kier molecular flexibility index (Phi) is 5.64. The van der Waals surface area contributed by atoms with Crippen molar-refractivity contribution in [2.75, 3.05) is 0 Å². The number of rotatable bonds is 5. The topological polar surface area (TPSA) is 48.7 Å². The molecular formula is C26H23F4N3O2. The molecule has 2 aromatic heterocycles. The van der Waals surface area contributed by atoms with Crippen molar-refractivity contribution in [3.63, 3.8) is 0 Å². The van der Waals surface area contributed by atoms with Crippen molar-refractivity contribution in [2.45, 2.75) is 51.4 Å². The maximum Gasteiger partial charge on any atom is 0.416 e. The van der Waals surface area contributed by atoms with Crippen molar-refractivity contribution in [2.24, 2.45) is 0 Å². The van der Waals surface area contributed by atoms with Crippen LogP contribution < -0.4 is 0 Å². The molecule has 1 unspecified atom stereocenters. The quantitative estimate of drug-likeness (QED) is 0.322. The number of fused-ring (bicyclic) bond motifs is 1. The van der Waals surface area contributed by atoms with Crippen LogP contribution in [0.2, 0.25) is 0 Å². The van der Waals surface area contributed by atoms with Crippen LogP contribution >= 0.6 is 0 Å². The molecule has 3 heterocycles. The summed E-state index contributed by atoms with van der Waals surface area (Å²) in [6.07, 6.45) is -3.36. The predicted octanol–water partition coefficient (Wildman–Crippen LogP) is 6.08. The van der Waals surface area contributed by atoms with Crippen LogP contribution in [0.25, 0.3) is 16.8 Å². The molecule has 0 radical (unpaired) electrons. The van der Waals surface area contributed by atoms with Gasteiger partial charge in [-0.2, -0.15) is 18.3 Å². The minimum atomic E-state index is -4.42. The number of hydrogen-bond acceptors (Lipinski definition) is 4. The van der Waals surface area contributed by atoms with E-state index in [1.165, 1.54) is 24.3 Å². The average Bonchev–Trinajstić information content (AvgIpc) is 3.12. The molecule has 182 valence electrons. The standard InChI is InChI=1S/C26H23F4N3O2/c1-15-22(18-7-9-19(10-8-18)26(28,29)30)23-31-12-11-21(33(23)32-15)25(3,24-34-16(2)35-24)14-17-5-4-6-20(27)13-17/h4-13,16,24H,14H2,1-3H3. The van der Waals surface area contributed by atoms with Gasteiger partial charge in [0.05, 0.1) is 22.4 Å². The molecular weight excluding hydrogens is 462 g/mol. The van der Waals surface area contributed by atoms with E-state index < -0.39 is 23.4 Å². The van der Waals surface area contributed by atoms with Gasteiger partial charge in [0.15, 0.2) is 18.2 Å². The summed E-state index contributed by atoms with van der Waals surface area (Å²) in [5.74, 6) is -0.340. The Bertz CT molecular complexity index is 1380. The Morgan fingerprint density at radius 2 is 1.74 bits per heavy atom. The molecule has 0 N–H and O–H groups in total. The van der Waals surface area contributed by atoms with Gasteiger partial charge in [-0.05, 0) is 68.7 Å². The maximum absolute atomic E-state index is 13.9. The first-order valence-corrected chi connectivity index (χ1v) is 11.1. The molecule has 35 heavy (non-hydrogen) atoms. The molecule has 0 bridgehead atoms. The van der Waals surface area contributed by atoms with Crippen molar-refractivity contribution >= 4 is 5.65 Å². The Morgan fingerprint density at radius 3 is 2.37 bits per heavy atom. The van der Waals surface area contributed by atoms with E-state index in [4.69, 9.17) is 14.6 Å². The number of nitrogens with zero attached hydrogens (tertiary/aromatic N) is 3. The van der Waals surface area contributed by atoms with Gasteiger partial charge < -0.3 is 9.47 Å². The first kappa shape index (κ1) is 23.4. The van der Waals surface area contributed by atoms with Gasteiger partial charge in [-0.1, -0.05) is 24.3 Å². The molecule has 1 atom stereocenters. The normalized spacial score (nSPS) is 20.0. The van der Waals surface area contributed by atoms with E-state index in [1.54, 1.807) is 30.6 Å². The van der Waals surface area contributed by atoms with Crippen LogP contribution in [0.15, 0.2) is 60.8 Å². The Balaban J connectivity index is 1.63. The summed E-state index contributed by atoms with van der Waals surface area (Å²) < 4.78 is 66.6. The fraction of sp³-hybridized carbons (Fsp3) is 0.308. The summed E-state index contributed by atoms with van der Waals surface area (Å²) in [4.78, 5) is 4.50. The van der Waals surface area contributed by atoms with Gasteiger partial charge in [0.2, 0.25) is 0 Å². The SMILES string of the molecule is Cc1nn2c(C(C)(Cc3cccc(F)c3)C3OC(C)O3)ccnc2c1-c1ccc(C(F)(F)F)cc1. The summed E-state index contributed by atoms with van der Waals surface area (Å²) >= 11 is 0. The fourth-order valence-corrected chi connectivity index (χ4v) is 4.67. The number of aryl methyl sites for hydroxylation is 1. The van der Waals surface area contributed by atoms with Gasteiger partial charge in [0, 0.05) is 11.8 Å². The minimum Gasteiger partial charge on any atom is -0.323 e. The van der Waals surface area contributed by atoms with Crippen LogP contribution in [0.5, 0.6) is 0 Å². The Labute approximate surface area is 199 Å². The van der Waals surface area contributed by atoms with Crippen LogP contribution in [0.1, 0.15) is 36.4 Å². The lowest BCUT2D eigenvalue weighted by atomic mass is 9.78. The largest absolute Gasteiger partial charge is 0.416 e. The lowest BCUT2D eigenvalue weighted by molar-refractivity contribution is -0.396. The van der Waals surface area contributed by atoms with E-state index in [0.29, 0.717) is 28.9 Å². The highest BCUT2D eigenvalue weighted by Gasteiger charge is 2.47. The summed E-state index contributed by atoms with van der Waals surface area (Å²) in [7, 11) is 0. The van der Waals surface area contributed by atoms with E-state index in [2.05, 4.69) is 4.98 Å². The smallest absolute Gasteiger partial charge is 0.323 e. The maximum atomic E-state index is 13.9. The highest BCUT2D eigenvalue weighted by Crippen LogP contribution is 2.41. The zero-order valence-electron chi connectivity index (χ0n) is 19.3. The highest BCUT2D eigenvalue weighted by molar-refractivity contribution is 5.80. The third kappa shape index (κ3) is 4.19. The monoisotopic (exact) mass is 485 g/mol. The number of halogens is 4. The van der Waals surface area contributed by atoms with Crippen molar-refractivity contribution in [3.05, 3.63) is 89.1 Å². The second-order valence-electron chi connectivity index (χ2n) is 9.00. The first-order valence-electron chi connectivity index (χ1n) is 11.1. The van der Waals surface area contributed by atoms with Crippen molar-refractivity contribution in [1.29, 1.82) is 0 Å². The van der Waals surface area contributed by atoms with Crippen molar-refractivity contribution in [1.82, 2.24) is 14.6 Å². The minimum absolute atomic E-state index is 0.340.